The standard InChI is InChI=1S/C15H29Cl/c1-14(2,3)12-9-7-11(8-10-12)13(16)15(4,5)6/h11-13H,7-10H2,1-6H3. The van der Waals surface area contributed by atoms with Crippen LogP contribution in [0.15, 0.2) is 0 Å². The number of hydrogen-bond acceptors (Lipinski definition) is 0. The zero-order chi connectivity index (χ0) is 12.6. The summed E-state index contributed by atoms with van der Waals surface area (Å²) in [5.41, 5.74) is 0.731. The SMILES string of the molecule is CC(C)(C)C1CCC(C(Cl)C(C)(C)C)CC1. The zero-order valence-electron chi connectivity index (χ0n) is 11.9. The summed E-state index contributed by atoms with van der Waals surface area (Å²) in [6.07, 6.45) is 5.39. The highest BCUT2D eigenvalue weighted by molar-refractivity contribution is 6.21. The lowest BCUT2D eigenvalue weighted by atomic mass is 9.67. The topological polar surface area (TPSA) is 0 Å². The molecular formula is C15H29Cl. The Balaban J connectivity index is 2.50. The maximum atomic E-state index is 6.60. The van der Waals surface area contributed by atoms with E-state index in [1.807, 2.05) is 0 Å². The second kappa shape index (κ2) is 4.88. The second-order valence-corrected chi connectivity index (χ2v) is 8.22. The van der Waals surface area contributed by atoms with Crippen LogP contribution in [-0.2, 0) is 0 Å². The fourth-order valence-corrected chi connectivity index (χ4v) is 3.24. The third kappa shape index (κ3) is 3.65. The van der Waals surface area contributed by atoms with E-state index in [0.29, 0.717) is 10.8 Å². The maximum Gasteiger partial charge on any atom is 0.0412 e. The van der Waals surface area contributed by atoms with Gasteiger partial charge in [0.15, 0.2) is 0 Å². The first-order chi connectivity index (χ1) is 7.12. The molecule has 0 N–H and O–H groups in total. The van der Waals surface area contributed by atoms with Crippen LogP contribution in [0.4, 0.5) is 0 Å². The molecule has 16 heavy (non-hydrogen) atoms. The highest BCUT2D eigenvalue weighted by Crippen LogP contribution is 2.44. The van der Waals surface area contributed by atoms with Crippen molar-refractivity contribution < 1.29 is 0 Å². The Morgan fingerprint density at radius 3 is 1.62 bits per heavy atom. The quantitative estimate of drug-likeness (QED) is 0.535. The van der Waals surface area contributed by atoms with E-state index in [2.05, 4.69) is 41.5 Å². The van der Waals surface area contributed by atoms with Gasteiger partial charge in [-0.3, -0.25) is 0 Å². The van der Waals surface area contributed by atoms with Crippen LogP contribution >= 0.6 is 11.6 Å². The average Bonchev–Trinajstić information content (AvgIpc) is 2.14. The molecule has 0 aromatic heterocycles. The third-order valence-electron chi connectivity index (χ3n) is 4.24. The van der Waals surface area contributed by atoms with E-state index in [4.69, 9.17) is 11.6 Å². The van der Waals surface area contributed by atoms with Crippen LogP contribution in [0.1, 0.15) is 67.2 Å². The minimum absolute atomic E-state index is 0.251. The molecular weight excluding hydrogens is 216 g/mol. The van der Waals surface area contributed by atoms with Crippen LogP contribution in [0.5, 0.6) is 0 Å². The van der Waals surface area contributed by atoms with Gasteiger partial charge < -0.3 is 0 Å². The first-order valence-electron chi connectivity index (χ1n) is 6.76. The van der Waals surface area contributed by atoms with E-state index < -0.39 is 0 Å². The number of halogens is 1. The summed E-state index contributed by atoms with van der Waals surface area (Å²) in [4.78, 5) is 0. The molecule has 1 aliphatic rings. The zero-order valence-corrected chi connectivity index (χ0v) is 12.7. The van der Waals surface area contributed by atoms with Crippen molar-refractivity contribution >= 4 is 11.6 Å². The van der Waals surface area contributed by atoms with Crippen LogP contribution < -0.4 is 0 Å². The molecule has 0 aromatic rings. The van der Waals surface area contributed by atoms with Crippen molar-refractivity contribution in [2.24, 2.45) is 22.7 Å². The molecule has 0 radical (unpaired) electrons. The highest BCUT2D eigenvalue weighted by Gasteiger charge is 2.36. The smallest absolute Gasteiger partial charge is 0.0412 e. The van der Waals surface area contributed by atoms with Gasteiger partial charge >= 0.3 is 0 Å². The molecule has 1 atom stereocenters. The molecule has 0 aromatic carbocycles. The van der Waals surface area contributed by atoms with E-state index in [1.54, 1.807) is 0 Å². The molecule has 0 bridgehead atoms. The van der Waals surface area contributed by atoms with Crippen LogP contribution in [0.2, 0.25) is 0 Å². The molecule has 0 saturated heterocycles. The minimum Gasteiger partial charge on any atom is -0.122 e. The third-order valence-corrected chi connectivity index (χ3v) is 5.25. The fourth-order valence-electron chi connectivity index (χ4n) is 2.98. The summed E-state index contributed by atoms with van der Waals surface area (Å²) in [6.45, 7) is 13.9. The molecule has 1 aliphatic carbocycles. The van der Waals surface area contributed by atoms with Crippen LogP contribution in [0.25, 0.3) is 0 Å². The molecule has 0 aliphatic heterocycles. The van der Waals surface area contributed by atoms with Crippen LogP contribution in [0, 0.1) is 22.7 Å². The molecule has 1 rings (SSSR count). The van der Waals surface area contributed by atoms with Gasteiger partial charge in [-0.25, -0.2) is 0 Å². The van der Waals surface area contributed by atoms with Crippen molar-refractivity contribution in [1.82, 2.24) is 0 Å². The molecule has 1 fully saturated rings. The van der Waals surface area contributed by atoms with Gasteiger partial charge in [0.1, 0.15) is 0 Å². The lowest BCUT2D eigenvalue weighted by Gasteiger charge is -2.41. The van der Waals surface area contributed by atoms with Crippen LogP contribution in [-0.4, -0.2) is 5.38 Å². The lowest BCUT2D eigenvalue weighted by molar-refractivity contribution is 0.132. The monoisotopic (exact) mass is 244 g/mol. The Morgan fingerprint density at radius 1 is 0.875 bits per heavy atom. The Morgan fingerprint density at radius 2 is 1.31 bits per heavy atom. The number of alkyl halides is 1. The number of rotatable bonds is 1. The van der Waals surface area contributed by atoms with Crippen LogP contribution in [0.3, 0.4) is 0 Å². The van der Waals surface area contributed by atoms with E-state index >= 15 is 0 Å². The first-order valence-corrected chi connectivity index (χ1v) is 7.20. The highest BCUT2D eigenvalue weighted by atomic mass is 35.5. The van der Waals surface area contributed by atoms with Gasteiger partial charge in [-0.2, -0.15) is 0 Å². The van der Waals surface area contributed by atoms with Gasteiger partial charge in [0, 0.05) is 5.38 Å². The van der Waals surface area contributed by atoms with Gasteiger partial charge in [-0.15, -0.1) is 11.6 Å². The molecule has 1 unspecified atom stereocenters. The predicted octanol–water partition coefficient (Wildman–Crippen LogP) is 5.49. The molecule has 96 valence electrons. The molecule has 1 heteroatoms. The fraction of sp³-hybridized carbons (Fsp3) is 1.00. The second-order valence-electron chi connectivity index (χ2n) is 7.75. The summed E-state index contributed by atoms with van der Waals surface area (Å²) < 4.78 is 0. The Bertz CT molecular complexity index is 211. The summed E-state index contributed by atoms with van der Waals surface area (Å²) in [6, 6.07) is 0. The molecule has 0 heterocycles. The largest absolute Gasteiger partial charge is 0.122 e. The van der Waals surface area contributed by atoms with Crippen molar-refractivity contribution in [3.63, 3.8) is 0 Å². The summed E-state index contributed by atoms with van der Waals surface area (Å²) >= 11 is 6.60. The van der Waals surface area contributed by atoms with Gasteiger partial charge in [0.2, 0.25) is 0 Å². The van der Waals surface area contributed by atoms with E-state index in [0.717, 1.165) is 11.8 Å². The molecule has 0 spiro atoms. The van der Waals surface area contributed by atoms with E-state index in [1.165, 1.54) is 25.7 Å². The Kier molecular flexibility index (Phi) is 4.38. The van der Waals surface area contributed by atoms with Gasteiger partial charge in [0.05, 0.1) is 0 Å². The summed E-state index contributed by atoms with van der Waals surface area (Å²) in [5.74, 6) is 1.63. The van der Waals surface area contributed by atoms with Gasteiger partial charge in [-0.1, -0.05) is 41.5 Å². The van der Waals surface area contributed by atoms with Crippen molar-refractivity contribution in [1.29, 1.82) is 0 Å². The Hall–Kier alpha value is 0.290. The number of hydrogen-bond donors (Lipinski definition) is 0. The summed E-state index contributed by atoms with van der Waals surface area (Å²) in [5, 5.41) is 0.341. The predicted molar refractivity (Wildman–Crippen MR) is 74.0 cm³/mol. The van der Waals surface area contributed by atoms with Crippen molar-refractivity contribution in [3.8, 4) is 0 Å². The minimum atomic E-state index is 0.251. The first kappa shape index (κ1) is 14.4. The van der Waals surface area contributed by atoms with E-state index in [-0.39, 0.29) is 5.41 Å². The molecule has 0 nitrogen and oxygen atoms in total. The van der Waals surface area contributed by atoms with Crippen molar-refractivity contribution in [2.75, 3.05) is 0 Å². The normalized spacial score (nSPS) is 30.2. The van der Waals surface area contributed by atoms with E-state index in [9.17, 15) is 0 Å². The van der Waals surface area contributed by atoms with Gasteiger partial charge in [-0.05, 0) is 48.3 Å². The van der Waals surface area contributed by atoms with Crippen molar-refractivity contribution in [2.45, 2.75) is 72.6 Å². The lowest BCUT2D eigenvalue weighted by Crippen LogP contribution is -2.34. The van der Waals surface area contributed by atoms with Crippen molar-refractivity contribution in [3.05, 3.63) is 0 Å². The summed E-state index contributed by atoms with van der Waals surface area (Å²) in [7, 11) is 0. The Labute approximate surface area is 107 Å². The molecule has 0 amide bonds. The average molecular weight is 245 g/mol. The molecule has 1 saturated carbocycles. The maximum absolute atomic E-state index is 6.60. The van der Waals surface area contributed by atoms with Gasteiger partial charge in [0.25, 0.3) is 0 Å².